The van der Waals surface area contributed by atoms with E-state index in [1.165, 1.54) is 7.11 Å². The molecule has 0 aliphatic rings. The lowest BCUT2D eigenvalue weighted by atomic mass is 10.1. The maximum atomic E-state index is 11.0. The Labute approximate surface area is 183 Å². The topological polar surface area (TPSA) is 88.8 Å². The summed E-state index contributed by atoms with van der Waals surface area (Å²) in [4.78, 5) is 19.7. The van der Waals surface area contributed by atoms with Gasteiger partial charge >= 0.3 is 5.97 Å². The SMILES string of the molecule is CN=C(NCCCCCCC(=O)OC)NCc1coc(-c2ccccc2)n1.I. The van der Waals surface area contributed by atoms with Crippen molar-refractivity contribution < 1.29 is 13.9 Å². The third-order valence-electron chi connectivity index (χ3n) is 4.06. The minimum Gasteiger partial charge on any atom is -0.469 e. The molecule has 0 aliphatic heterocycles. The Balaban J connectivity index is 0.00000392. The minimum atomic E-state index is -0.138. The van der Waals surface area contributed by atoms with Gasteiger partial charge in [-0.25, -0.2) is 4.98 Å². The highest BCUT2D eigenvalue weighted by Gasteiger charge is 2.07. The molecule has 7 nitrogen and oxygen atoms in total. The van der Waals surface area contributed by atoms with Crippen LogP contribution in [0.2, 0.25) is 0 Å². The number of halogens is 1. The van der Waals surface area contributed by atoms with Crippen LogP contribution >= 0.6 is 24.0 Å². The summed E-state index contributed by atoms with van der Waals surface area (Å²) in [7, 11) is 3.16. The first kappa shape index (κ1) is 23.9. The molecule has 0 bridgehead atoms. The van der Waals surface area contributed by atoms with E-state index in [9.17, 15) is 4.79 Å². The molecule has 1 aromatic heterocycles. The van der Waals surface area contributed by atoms with E-state index in [0.29, 0.717) is 18.9 Å². The van der Waals surface area contributed by atoms with Gasteiger partial charge in [-0.1, -0.05) is 31.0 Å². The van der Waals surface area contributed by atoms with E-state index in [1.54, 1.807) is 13.3 Å². The second-order valence-corrected chi connectivity index (χ2v) is 6.10. The Kier molecular flexibility index (Phi) is 11.9. The molecule has 2 N–H and O–H groups in total. The van der Waals surface area contributed by atoms with Crippen LogP contribution in [0.3, 0.4) is 0 Å². The fraction of sp³-hybridized carbons (Fsp3) is 0.450. The fourth-order valence-electron chi connectivity index (χ4n) is 2.55. The number of nitrogens with zero attached hydrogens (tertiary/aromatic N) is 2. The maximum absolute atomic E-state index is 11.0. The fourth-order valence-corrected chi connectivity index (χ4v) is 2.55. The van der Waals surface area contributed by atoms with Crippen LogP contribution in [0, 0.1) is 0 Å². The maximum Gasteiger partial charge on any atom is 0.305 e. The number of unbranched alkanes of at least 4 members (excludes halogenated alkanes) is 3. The van der Waals surface area contributed by atoms with Crippen molar-refractivity contribution in [3.8, 4) is 11.5 Å². The second kappa shape index (κ2) is 14.0. The summed E-state index contributed by atoms with van der Waals surface area (Å²) in [5.74, 6) is 1.21. The number of nitrogens with one attached hydrogen (secondary N) is 2. The third-order valence-corrected chi connectivity index (χ3v) is 4.06. The van der Waals surface area contributed by atoms with Crippen molar-refractivity contribution in [3.05, 3.63) is 42.3 Å². The number of hydrogen-bond donors (Lipinski definition) is 2. The van der Waals surface area contributed by atoms with Crippen LogP contribution in [0.15, 0.2) is 46.0 Å². The minimum absolute atomic E-state index is 0. The van der Waals surface area contributed by atoms with Crippen molar-refractivity contribution >= 4 is 35.9 Å². The summed E-state index contributed by atoms with van der Waals surface area (Å²) >= 11 is 0. The first-order valence-electron chi connectivity index (χ1n) is 9.24. The highest BCUT2D eigenvalue weighted by Crippen LogP contribution is 2.17. The largest absolute Gasteiger partial charge is 0.469 e. The molecular weight excluding hydrogens is 471 g/mol. The molecule has 0 unspecified atom stereocenters. The zero-order valence-corrected chi connectivity index (χ0v) is 18.8. The van der Waals surface area contributed by atoms with Gasteiger partial charge in [0.15, 0.2) is 5.96 Å². The molecule has 8 heteroatoms. The van der Waals surface area contributed by atoms with Gasteiger partial charge in [0.25, 0.3) is 0 Å². The molecule has 0 atom stereocenters. The van der Waals surface area contributed by atoms with Crippen molar-refractivity contribution in [3.63, 3.8) is 0 Å². The van der Waals surface area contributed by atoms with Crippen molar-refractivity contribution in [2.24, 2.45) is 4.99 Å². The Morgan fingerprint density at radius 2 is 1.89 bits per heavy atom. The zero-order chi connectivity index (χ0) is 19.3. The van der Waals surface area contributed by atoms with Crippen LogP contribution in [-0.4, -0.2) is 37.6 Å². The number of aliphatic imine (C=N–C) groups is 1. The van der Waals surface area contributed by atoms with Crippen LogP contribution in [0.1, 0.15) is 37.8 Å². The monoisotopic (exact) mass is 500 g/mol. The Hall–Kier alpha value is -2.10. The number of oxazole rings is 1. The number of aromatic nitrogens is 1. The van der Waals surface area contributed by atoms with Crippen molar-refractivity contribution in [2.75, 3.05) is 20.7 Å². The Morgan fingerprint density at radius 1 is 1.14 bits per heavy atom. The van der Waals surface area contributed by atoms with Crippen molar-refractivity contribution in [1.82, 2.24) is 15.6 Å². The number of rotatable bonds is 10. The molecular formula is C20H29IN4O3. The van der Waals surface area contributed by atoms with E-state index in [-0.39, 0.29) is 29.9 Å². The lowest BCUT2D eigenvalue weighted by molar-refractivity contribution is -0.140. The van der Waals surface area contributed by atoms with Crippen molar-refractivity contribution in [1.29, 1.82) is 0 Å². The van der Waals surface area contributed by atoms with Gasteiger partial charge in [-0.2, -0.15) is 0 Å². The molecule has 0 saturated heterocycles. The van der Waals surface area contributed by atoms with Crippen LogP contribution in [0.5, 0.6) is 0 Å². The van der Waals surface area contributed by atoms with Gasteiger partial charge in [0, 0.05) is 25.6 Å². The van der Waals surface area contributed by atoms with Gasteiger partial charge < -0.3 is 19.8 Å². The van der Waals surface area contributed by atoms with E-state index in [1.807, 2.05) is 30.3 Å². The van der Waals surface area contributed by atoms with Gasteiger partial charge in [-0.05, 0) is 25.0 Å². The zero-order valence-electron chi connectivity index (χ0n) is 16.4. The van der Waals surface area contributed by atoms with E-state index in [4.69, 9.17) is 4.42 Å². The predicted molar refractivity (Wildman–Crippen MR) is 121 cm³/mol. The molecule has 154 valence electrons. The van der Waals surface area contributed by atoms with Gasteiger partial charge in [-0.3, -0.25) is 9.79 Å². The van der Waals surface area contributed by atoms with Crippen molar-refractivity contribution in [2.45, 2.75) is 38.6 Å². The highest BCUT2D eigenvalue weighted by molar-refractivity contribution is 14.0. The Morgan fingerprint density at radius 3 is 2.61 bits per heavy atom. The van der Waals surface area contributed by atoms with E-state index >= 15 is 0 Å². The highest BCUT2D eigenvalue weighted by atomic mass is 127. The van der Waals surface area contributed by atoms with Gasteiger partial charge in [-0.15, -0.1) is 24.0 Å². The summed E-state index contributed by atoms with van der Waals surface area (Å²) < 4.78 is 10.2. The summed E-state index contributed by atoms with van der Waals surface area (Å²) in [6.45, 7) is 1.36. The molecule has 0 fully saturated rings. The molecule has 0 spiro atoms. The molecule has 0 amide bonds. The first-order valence-corrected chi connectivity index (χ1v) is 9.24. The normalized spacial score (nSPS) is 10.9. The number of esters is 1. The third kappa shape index (κ3) is 8.73. The number of ether oxygens (including phenoxy) is 1. The summed E-state index contributed by atoms with van der Waals surface area (Å²) in [6.07, 6.45) is 6.12. The van der Waals surface area contributed by atoms with E-state index in [0.717, 1.165) is 49.4 Å². The molecule has 0 saturated carbocycles. The number of benzene rings is 1. The molecule has 28 heavy (non-hydrogen) atoms. The van der Waals surface area contributed by atoms with Crippen LogP contribution in [-0.2, 0) is 16.1 Å². The molecule has 2 rings (SSSR count). The molecule has 0 radical (unpaired) electrons. The number of carbonyl (C=O) groups is 1. The summed E-state index contributed by atoms with van der Waals surface area (Å²) in [5.41, 5.74) is 1.78. The van der Waals surface area contributed by atoms with Gasteiger partial charge in [0.05, 0.1) is 19.3 Å². The lowest BCUT2D eigenvalue weighted by Crippen LogP contribution is -2.37. The van der Waals surface area contributed by atoms with Crippen LogP contribution in [0.4, 0.5) is 0 Å². The average molecular weight is 500 g/mol. The second-order valence-electron chi connectivity index (χ2n) is 6.10. The van der Waals surface area contributed by atoms with Gasteiger partial charge in [0.2, 0.25) is 5.89 Å². The van der Waals surface area contributed by atoms with E-state index < -0.39 is 0 Å². The number of methoxy groups -OCH3 is 1. The van der Waals surface area contributed by atoms with E-state index in [2.05, 4.69) is 25.3 Å². The predicted octanol–water partition coefficient (Wildman–Crippen LogP) is 3.75. The standard InChI is InChI=1S/C20H28N4O3.HI/c1-21-20(22-13-9-4-3-8-12-18(25)26-2)23-14-17-15-27-19(24-17)16-10-6-5-7-11-16;/h5-7,10-11,15H,3-4,8-9,12-14H2,1-2H3,(H2,21,22,23);1H. The average Bonchev–Trinajstić information content (AvgIpc) is 3.19. The Bertz CT molecular complexity index is 719. The van der Waals surface area contributed by atoms with Gasteiger partial charge in [0.1, 0.15) is 6.26 Å². The molecule has 1 heterocycles. The quantitative estimate of drug-likeness (QED) is 0.170. The van der Waals surface area contributed by atoms with Crippen LogP contribution in [0.25, 0.3) is 11.5 Å². The van der Waals surface area contributed by atoms with Crippen LogP contribution < -0.4 is 10.6 Å². The molecule has 1 aromatic carbocycles. The number of carbonyl (C=O) groups excluding carboxylic acids is 1. The summed E-state index contributed by atoms with van der Waals surface area (Å²) in [5, 5.41) is 6.51. The lowest BCUT2D eigenvalue weighted by Gasteiger charge is -2.10. The number of hydrogen-bond acceptors (Lipinski definition) is 5. The first-order chi connectivity index (χ1) is 13.2. The number of guanidine groups is 1. The molecule has 0 aliphatic carbocycles. The summed E-state index contributed by atoms with van der Waals surface area (Å²) in [6, 6.07) is 9.81. The smallest absolute Gasteiger partial charge is 0.305 e. The molecule has 2 aromatic rings.